The summed E-state index contributed by atoms with van der Waals surface area (Å²) in [5.41, 5.74) is 7.09. The van der Waals surface area contributed by atoms with Crippen LogP contribution in [0.4, 0.5) is 0 Å². The van der Waals surface area contributed by atoms with Gasteiger partial charge in [0.1, 0.15) is 0 Å². The Bertz CT molecular complexity index is 352. The SMILES string of the molecule is CN(CCc1ccccn1)CC1CCCCC1CN. The third-order valence-electron chi connectivity index (χ3n) is 4.39. The predicted octanol–water partition coefficient (Wildman–Crippen LogP) is 2.32. The summed E-state index contributed by atoms with van der Waals surface area (Å²) >= 11 is 0. The first kappa shape index (κ1) is 14.5. The van der Waals surface area contributed by atoms with Crippen molar-refractivity contribution in [1.82, 2.24) is 9.88 Å². The van der Waals surface area contributed by atoms with Crippen molar-refractivity contribution in [1.29, 1.82) is 0 Å². The molecule has 1 aromatic heterocycles. The van der Waals surface area contributed by atoms with Gasteiger partial charge in [-0.25, -0.2) is 0 Å². The molecular weight excluding hydrogens is 234 g/mol. The highest BCUT2D eigenvalue weighted by Gasteiger charge is 2.24. The van der Waals surface area contributed by atoms with Gasteiger partial charge < -0.3 is 10.6 Å². The van der Waals surface area contributed by atoms with E-state index in [-0.39, 0.29) is 0 Å². The van der Waals surface area contributed by atoms with E-state index in [1.54, 1.807) is 0 Å². The van der Waals surface area contributed by atoms with E-state index < -0.39 is 0 Å². The first-order valence-corrected chi connectivity index (χ1v) is 7.58. The number of nitrogens with two attached hydrogens (primary N) is 1. The summed E-state index contributed by atoms with van der Waals surface area (Å²) in [6.45, 7) is 3.14. The van der Waals surface area contributed by atoms with Crippen LogP contribution >= 0.6 is 0 Å². The summed E-state index contributed by atoms with van der Waals surface area (Å²) < 4.78 is 0. The fourth-order valence-electron chi connectivity index (χ4n) is 3.18. The third kappa shape index (κ3) is 4.59. The molecule has 0 amide bonds. The lowest BCUT2D eigenvalue weighted by atomic mass is 9.79. The highest BCUT2D eigenvalue weighted by atomic mass is 15.1. The normalized spacial score (nSPS) is 23.7. The number of likely N-dealkylation sites (N-methyl/N-ethyl adjacent to an activating group) is 1. The lowest BCUT2D eigenvalue weighted by molar-refractivity contribution is 0.175. The molecule has 1 fully saturated rings. The van der Waals surface area contributed by atoms with Gasteiger partial charge in [-0.1, -0.05) is 18.9 Å². The number of pyridine rings is 1. The quantitative estimate of drug-likeness (QED) is 0.854. The van der Waals surface area contributed by atoms with Gasteiger partial charge in [0.2, 0.25) is 0 Å². The smallest absolute Gasteiger partial charge is 0.0416 e. The van der Waals surface area contributed by atoms with Gasteiger partial charge in [0, 0.05) is 31.4 Å². The van der Waals surface area contributed by atoms with Crippen LogP contribution in [0.15, 0.2) is 24.4 Å². The summed E-state index contributed by atoms with van der Waals surface area (Å²) in [5, 5.41) is 0. The van der Waals surface area contributed by atoms with Crippen LogP contribution in [0, 0.1) is 11.8 Å². The number of nitrogens with zero attached hydrogens (tertiary/aromatic N) is 2. The molecule has 106 valence electrons. The van der Waals surface area contributed by atoms with Crippen LogP contribution in [-0.2, 0) is 6.42 Å². The van der Waals surface area contributed by atoms with E-state index in [0.717, 1.165) is 31.3 Å². The van der Waals surface area contributed by atoms with Crippen molar-refractivity contribution >= 4 is 0 Å². The summed E-state index contributed by atoms with van der Waals surface area (Å²) in [6, 6.07) is 6.14. The minimum Gasteiger partial charge on any atom is -0.330 e. The average Bonchev–Trinajstić information content (AvgIpc) is 2.47. The zero-order chi connectivity index (χ0) is 13.5. The molecule has 1 aliphatic rings. The Morgan fingerprint density at radius 2 is 2.05 bits per heavy atom. The highest BCUT2D eigenvalue weighted by molar-refractivity contribution is 5.03. The second-order valence-corrected chi connectivity index (χ2v) is 5.87. The molecule has 2 unspecified atom stereocenters. The van der Waals surface area contributed by atoms with E-state index in [2.05, 4.69) is 29.1 Å². The lowest BCUT2D eigenvalue weighted by Crippen LogP contribution is -2.36. The van der Waals surface area contributed by atoms with E-state index in [1.807, 2.05) is 12.3 Å². The van der Waals surface area contributed by atoms with Crippen LogP contribution in [0.1, 0.15) is 31.4 Å². The Kier molecular flexibility index (Phi) is 5.80. The standard InChI is InChI=1S/C16H27N3/c1-19(11-9-16-8-4-5-10-18-16)13-15-7-3-2-6-14(15)12-17/h4-5,8,10,14-15H,2-3,6-7,9,11-13,17H2,1H3. The van der Waals surface area contributed by atoms with Crippen LogP contribution in [0.2, 0.25) is 0 Å². The molecule has 0 saturated heterocycles. The zero-order valence-corrected chi connectivity index (χ0v) is 12.1. The van der Waals surface area contributed by atoms with E-state index in [9.17, 15) is 0 Å². The number of rotatable bonds is 6. The van der Waals surface area contributed by atoms with Crippen LogP contribution in [-0.4, -0.2) is 36.6 Å². The molecule has 1 aliphatic carbocycles. The Morgan fingerprint density at radius 3 is 2.74 bits per heavy atom. The first-order chi connectivity index (χ1) is 9.29. The second kappa shape index (κ2) is 7.61. The van der Waals surface area contributed by atoms with E-state index in [0.29, 0.717) is 0 Å². The molecule has 1 aromatic rings. The molecule has 3 heteroatoms. The molecule has 2 atom stereocenters. The third-order valence-corrected chi connectivity index (χ3v) is 4.39. The predicted molar refractivity (Wildman–Crippen MR) is 79.9 cm³/mol. The zero-order valence-electron chi connectivity index (χ0n) is 12.1. The van der Waals surface area contributed by atoms with Gasteiger partial charge >= 0.3 is 0 Å². The maximum Gasteiger partial charge on any atom is 0.0416 e. The molecule has 2 rings (SSSR count). The Labute approximate surface area is 117 Å². The van der Waals surface area contributed by atoms with Gasteiger partial charge in [-0.2, -0.15) is 0 Å². The van der Waals surface area contributed by atoms with E-state index in [1.165, 1.54) is 37.9 Å². The first-order valence-electron chi connectivity index (χ1n) is 7.58. The molecule has 0 aromatic carbocycles. The van der Waals surface area contributed by atoms with Crippen LogP contribution in [0.25, 0.3) is 0 Å². The van der Waals surface area contributed by atoms with Gasteiger partial charge in [-0.05, 0) is 50.4 Å². The molecular formula is C16H27N3. The van der Waals surface area contributed by atoms with Gasteiger partial charge in [0.15, 0.2) is 0 Å². The fraction of sp³-hybridized carbons (Fsp3) is 0.688. The van der Waals surface area contributed by atoms with E-state index >= 15 is 0 Å². The molecule has 1 saturated carbocycles. The molecule has 1 heterocycles. The van der Waals surface area contributed by atoms with Crippen molar-refractivity contribution in [3.05, 3.63) is 30.1 Å². The Morgan fingerprint density at radius 1 is 1.26 bits per heavy atom. The molecule has 0 aliphatic heterocycles. The van der Waals surface area contributed by atoms with Gasteiger partial charge in [-0.15, -0.1) is 0 Å². The van der Waals surface area contributed by atoms with Crippen molar-refractivity contribution in [2.24, 2.45) is 17.6 Å². The topological polar surface area (TPSA) is 42.2 Å². The van der Waals surface area contributed by atoms with Gasteiger partial charge in [0.25, 0.3) is 0 Å². The fourth-order valence-corrected chi connectivity index (χ4v) is 3.18. The van der Waals surface area contributed by atoms with Gasteiger partial charge in [0.05, 0.1) is 0 Å². The maximum absolute atomic E-state index is 5.91. The maximum atomic E-state index is 5.91. The summed E-state index contributed by atoms with van der Waals surface area (Å²) in [7, 11) is 2.23. The minimum absolute atomic E-state index is 0.742. The number of hydrogen-bond acceptors (Lipinski definition) is 3. The van der Waals surface area contributed by atoms with Crippen molar-refractivity contribution in [3.63, 3.8) is 0 Å². The lowest BCUT2D eigenvalue weighted by Gasteiger charge is -2.33. The average molecular weight is 261 g/mol. The Balaban J connectivity index is 1.75. The van der Waals surface area contributed by atoms with E-state index in [4.69, 9.17) is 5.73 Å². The monoisotopic (exact) mass is 261 g/mol. The van der Waals surface area contributed by atoms with Crippen molar-refractivity contribution in [2.45, 2.75) is 32.1 Å². The molecule has 19 heavy (non-hydrogen) atoms. The second-order valence-electron chi connectivity index (χ2n) is 5.87. The minimum atomic E-state index is 0.742. The number of aromatic nitrogens is 1. The van der Waals surface area contributed by atoms with Crippen molar-refractivity contribution in [2.75, 3.05) is 26.7 Å². The van der Waals surface area contributed by atoms with Crippen LogP contribution < -0.4 is 5.73 Å². The summed E-state index contributed by atoms with van der Waals surface area (Å²) in [4.78, 5) is 6.83. The molecule has 0 radical (unpaired) electrons. The van der Waals surface area contributed by atoms with Crippen LogP contribution in [0.5, 0.6) is 0 Å². The number of hydrogen-bond donors (Lipinski definition) is 1. The highest BCUT2D eigenvalue weighted by Crippen LogP contribution is 2.29. The largest absolute Gasteiger partial charge is 0.330 e. The van der Waals surface area contributed by atoms with Gasteiger partial charge in [-0.3, -0.25) is 4.98 Å². The van der Waals surface area contributed by atoms with Crippen LogP contribution in [0.3, 0.4) is 0 Å². The molecule has 2 N–H and O–H groups in total. The summed E-state index contributed by atoms with van der Waals surface area (Å²) in [6.07, 6.45) is 8.36. The van der Waals surface area contributed by atoms with Crippen molar-refractivity contribution < 1.29 is 0 Å². The van der Waals surface area contributed by atoms with Crippen molar-refractivity contribution in [3.8, 4) is 0 Å². The molecule has 3 nitrogen and oxygen atoms in total. The summed E-state index contributed by atoms with van der Waals surface area (Å²) in [5.74, 6) is 1.54. The Hall–Kier alpha value is -0.930. The molecule has 0 spiro atoms. The molecule has 0 bridgehead atoms.